The summed E-state index contributed by atoms with van der Waals surface area (Å²) in [5.41, 5.74) is 1.44. The van der Waals surface area contributed by atoms with Crippen molar-refractivity contribution < 1.29 is 19.1 Å². The highest BCUT2D eigenvalue weighted by Gasteiger charge is 2.22. The van der Waals surface area contributed by atoms with Crippen LogP contribution in [0, 0.1) is 5.92 Å². The van der Waals surface area contributed by atoms with Crippen molar-refractivity contribution in [2.45, 2.75) is 39.2 Å². The Labute approximate surface area is 156 Å². The molecule has 6 nitrogen and oxygen atoms in total. The van der Waals surface area contributed by atoms with Crippen LogP contribution in [-0.2, 0) is 20.8 Å². The van der Waals surface area contributed by atoms with Gasteiger partial charge in [0.15, 0.2) is 4.80 Å². The van der Waals surface area contributed by atoms with Crippen LogP contribution in [-0.4, -0.2) is 36.8 Å². The smallest absolute Gasteiger partial charge is 0.337 e. The van der Waals surface area contributed by atoms with Gasteiger partial charge in [0, 0.05) is 19.1 Å². The molecule has 7 heteroatoms. The fourth-order valence-electron chi connectivity index (χ4n) is 3.28. The molecule has 0 N–H and O–H groups in total. The zero-order valence-electron chi connectivity index (χ0n) is 15.2. The number of carbonyl (C=O) groups excluding carboxylic acids is 2. The maximum Gasteiger partial charge on any atom is 0.337 e. The minimum Gasteiger partial charge on any atom is -0.465 e. The molecule has 140 valence electrons. The number of nitrogens with zero attached hydrogens (tertiary/aromatic N) is 2. The highest BCUT2D eigenvalue weighted by Crippen LogP contribution is 2.26. The van der Waals surface area contributed by atoms with E-state index >= 15 is 0 Å². The number of hydrogen-bond acceptors (Lipinski definition) is 5. The molecule has 1 fully saturated rings. The monoisotopic (exact) mass is 376 g/mol. The Morgan fingerprint density at radius 3 is 2.77 bits per heavy atom. The van der Waals surface area contributed by atoms with Gasteiger partial charge in [-0.15, -0.1) is 0 Å². The molecule has 0 atom stereocenters. The van der Waals surface area contributed by atoms with Gasteiger partial charge in [0.25, 0.3) is 5.91 Å². The summed E-state index contributed by atoms with van der Waals surface area (Å²) >= 11 is 1.42. The van der Waals surface area contributed by atoms with E-state index in [0.717, 1.165) is 35.9 Å². The number of hydrogen-bond donors (Lipinski definition) is 0. The fourth-order valence-corrected chi connectivity index (χ4v) is 4.38. The van der Waals surface area contributed by atoms with Crippen molar-refractivity contribution in [2.24, 2.45) is 10.9 Å². The van der Waals surface area contributed by atoms with E-state index in [4.69, 9.17) is 9.47 Å². The standard InChI is InChI=1S/C19H24N2O4S/c1-3-25-11-10-21-15-9-8-14(18(23)24-2)12-16(15)26-19(21)20-17(22)13-6-4-5-7-13/h8-9,12-13H,3-7,10-11H2,1-2H3. The van der Waals surface area contributed by atoms with E-state index in [1.54, 1.807) is 12.1 Å². The average Bonchev–Trinajstić information content (AvgIpc) is 3.29. The Morgan fingerprint density at radius 2 is 2.08 bits per heavy atom. The molecular weight excluding hydrogens is 352 g/mol. The van der Waals surface area contributed by atoms with Gasteiger partial charge < -0.3 is 14.0 Å². The van der Waals surface area contributed by atoms with Crippen molar-refractivity contribution in [3.05, 3.63) is 28.6 Å². The van der Waals surface area contributed by atoms with Gasteiger partial charge in [0.2, 0.25) is 0 Å². The third-order valence-corrected chi connectivity index (χ3v) is 5.72. The molecule has 0 aliphatic heterocycles. The number of benzene rings is 1. The van der Waals surface area contributed by atoms with Crippen LogP contribution in [0.5, 0.6) is 0 Å². The largest absolute Gasteiger partial charge is 0.465 e. The molecule has 1 aliphatic rings. The van der Waals surface area contributed by atoms with Crippen LogP contribution in [0.4, 0.5) is 0 Å². The number of thiazole rings is 1. The summed E-state index contributed by atoms with van der Waals surface area (Å²) in [5, 5.41) is 0. The number of methoxy groups -OCH3 is 1. The van der Waals surface area contributed by atoms with Crippen molar-refractivity contribution in [3.8, 4) is 0 Å². The number of rotatable bonds is 6. The Morgan fingerprint density at radius 1 is 1.31 bits per heavy atom. The van der Waals surface area contributed by atoms with Crippen LogP contribution in [0.1, 0.15) is 43.0 Å². The Kier molecular flexibility index (Phi) is 6.21. The second-order valence-electron chi connectivity index (χ2n) is 6.34. The minimum absolute atomic E-state index is 0.0348. The van der Waals surface area contributed by atoms with Gasteiger partial charge in [0.05, 0.1) is 29.5 Å². The number of esters is 1. The molecule has 1 aromatic carbocycles. The predicted octanol–water partition coefficient (Wildman–Crippen LogP) is 3.14. The molecule has 0 saturated heterocycles. The lowest BCUT2D eigenvalue weighted by atomic mass is 10.1. The molecule has 0 spiro atoms. The van der Waals surface area contributed by atoms with Gasteiger partial charge in [-0.05, 0) is 38.0 Å². The van der Waals surface area contributed by atoms with Crippen molar-refractivity contribution in [3.63, 3.8) is 0 Å². The lowest BCUT2D eigenvalue weighted by Crippen LogP contribution is -2.21. The van der Waals surface area contributed by atoms with E-state index in [1.807, 2.05) is 17.6 Å². The zero-order valence-corrected chi connectivity index (χ0v) is 16.0. The average molecular weight is 376 g/mol. The van der Waals surface area contributed by atoms with Crippen LogP contribution in [0.15, 0.2) is 23.2 Å². The zero-order chi connectivity index (χ0) is 18.5. The number of fused-ring (bicyclic) bond motifs is 1. The van der Waals surface area contributed by atoms with E-state index < -0.39 is 0 Å². The number of ether oxygens (including phenoxy) is 2. The van der Waals surface area contributed by atoms with Crippen LogP contribution in [0.2, 0.25) is 0 Å². The number of aromatic nitrogens is 1. The van der Waals surface area contributed by atoms with Gasteiger partial charge in [-0.3, -0.25) is 4.79 Å². The summed E-state index contributed by atoms with van der Waals surface area (Å²) in [4.78, 5) is 29.4. The molecule has 2 aromatic rings. The van der Waals surface area contributed by atoms with Crippen LogP contribution in [0.25, 0.3) is 10.2 Å². The second kappa shape index (κ2) is 8.60. The summed E-state index contributed by atoms with van der Waals surface area (Å²) < 4.78 is 13.2. The van der Waals surface area contributed by atoms with E-state index in [-0.39, 0.29) is 17.8 Å². The third kappa shape index (κ3) is 4.04. The van der Waals surface area contributed by atoms with E-state index in [1.165, 1.54) is 18.4 Å². The van der Waals surface area contributed by atoms with Crippen molar-refractivity contribution in [2.75, 3.05) is 20.3 Å². The number of carbonyl (C=O) groups is 2. The molecule has 1 aliphatic carbocycles. The van der Waals surface area contributed by atoms with E-state index in [9.17, 15) is 9.59 Å². The highest BCUT2D eigenvalue weighted by molar-refractivity contribution is 7.16. The summed E-state index contributed by atoms with van der Waals surface area (Å²) in [6.45, 7) is 3.75. The van der Waals surface area contributed by atoms with Gasteiger partial charge in [-0.2, -0.15) is 4.99 Å². The van der Waals surface area contributed by atoms with E-state index in [2.05, 4.69) is 4.99 Å². The Bertz CT molecular complexity index is 862. The number of amides is 1. The van der Waals surface area contributed by atoms with Crippen LogP contribution < -0.4 is 4.80 Å². The Hall–Kier alpha value is -1.99. The first-order valence-corrected chi connectivity index (χ1v) is 9.83. The molecule has 3 rings (SSSR count). The maximum absolute atomic E-state index is 12.5. The van der Waals surface area contributed by atoms with Crippen LogP contribution in [0.3, 0.4) is 0 Å². The van der Waals surface area contributed by atoms with Gasteiger partial charge in [-0.1, -0.05) is 24.2 Å². The van der Waals surface area contributed by atoms with Crippen molar-refractivity contribution in [1.82, 2.24) is 4.57 Å². The molecule has 0 unspecified atom stereocenters. The summed E-state index contributed by atoms with van der Waals surface area (Å²) in [7, 11) is 1.37. The molecule has 1 saturated carbocycles. The molecule has 0 bridgehead atoms. The maximum atomic E-state index is 12.5. The normalized spacial score (nSPS) is 15.7. The molecule has 1 amide bonds. The lowest BCUT2D eigenvalue weighted by Gasteiger charge is -2.06. The minimum atomic E-state index is -0.373. The SMILES string of the molecule is CCOCCn1c(=NC(=O)C2CCCC2)sc2cc(C(=O)OC)ccc21. The summed E-state index contributed by atoms with van der Waals surface area (Å²) in [6, 6.07) is 5.41. The van der Waals surface area contributed by atoms with Crippen molar-refractivity contribution >= 4 is 33.4 Å². The summed E-state index contributed by atoms with van der Waals surface area (Å²) in [5.74, 6) is -0.361. The molecule has 26 heavy (non-hydrogen) atoms. The summed E-state index contributed by atoms with van der Waals surface area (Å²) in [6.07, 6.45) is 4.06. The molecule has 0 radical (unpaired) electrons. The first kappa shape index (κ1) is 18.8. The second-order valence-corrected chi connectivity index (χ2v) is 7.35. The molecule has 1 heterocycles. The fraction of sp³-hybridized carbons (Fsp3) is 0.526. The predicted molar refractivity (Wildman–Crippen MR) is 100 cm³/mol. The molecule has 1 aromatic heterocycles. The quantitative estimate of drug-likeness (QED) is 0.574. The van der Waals surface area contributed by atoms with Crippen molar-refractivity contribution in [1.29, 1.82) is 0 Å². The first-order valence-electron chi connectivity index (χ1n) is 9.02. The lowest BCUT2D eigenvalue weighted by molar-refractivity contribution is -0.121. The van der Waals surface area contributed by atoms with Crippen LogP contribution >= 0.6 is 11.3 Å². The molecular formula is C19H24N2O4S. The highest BCUT2D eigenvalue weighted by atomic mass is 32.1. The van der Waals surface area contributed by atoms with Gasteiger partial charge in [-0.25, -0.2) is 4.79 Å². The third-order valence-electron chi connectivity index (χ3n) is 4.68. The Balaban J connectivity index is 2.02. The topological polar surface area (TPSA) is 69.9 Å². The van der Waals surface area contributed by atoms with Gasteiger partial charge in [0.1, 0.15) is 0 Å². The van der Waals surface area contributed by atoms with E-state index in [0.29, 0.717) is 30.1 Å². The van der Waals surface area contributed by atoms with Gasteiger partial charge >= 0.3 is 5.97 Å². The first-order chi connectivity index (χ1) is 12.6.